The summed E-state index contributed by atoms with van der Waals surface area (Å²) in [5, 5.41) is 0.702. The van der Waals surface area contributed by atoms with Gasteiger partial charge in [0.25, 0.3) is 0 Å². The molecule has 17 heavy (non-hydrogen) atoms. The van der Waals surface area contributed by atoms with Gasteiger partial charge in [-0.25, -0.2) is 4.98 Å². The molecule has 0 bridgehead atoms. The molecule has 3 nitrogen and oxygen atoms in total. The second kappa shape index (κ2) is 5.73. The van der Waals surface area contributed by atoms with E-state index in [9.17, 15) is 0 Å². The Labute approximate surface area is 106 Å². The molecule has 4 heteroatoms. The fourth-order valence-electron chi connectivity index (χ4n) is 1.59. The van der Waals surface area contributed by atoms with E-state index in [4.69, 9.17) is 16.3 Å². The molecule has 0 aliphatic carbocycles. The van der Waals surface area contributed by atoms with E-state index in [1.165, 1.54) is 0 Å². The lowest BCUT2D eigenvalue weighted by Gasteiger charge is -2.06. The average molecular weight is 251 g/mol. The number of halogens is 1. The van der Waals surface area contributed by atoms with Crippen LogP contribution in [0.1, 0.15) is 12.1 Å². The van der Waals surface area contributed by atoms with Crippen LogP contribution in [-0.4, -0.2) is 16.2 Å². The molecule has 1 heterocycles. The molecule has 2 rings (SSSR count). The van der Waals surface area contributed by atoms with Crippen molar-refractivity contribution in [2.24, 2.45) is 0 Å². The molecule has 1 aromatic heterocycles. The van der Waals surface area contributed by atoms with Crippen LogP contribution in [0.15, 0.2) is 36.8 Å². The minimum absolute atomic E-state index is 0.678. The molecule has 0 aliphatic rings. The number of benzene rings is 1. The van der Waals surface area contributed by atoms with Crippen molar-refractivity contribution in [3.8, 4) is 5.75 Å². The summed E-state index contributed by atoms with van der Waals surface area (Å²) in [6.07, 6.45) is 4.82. The van der Waals surface area contributed by atoms with E-state index in [0.29, 0.717) is 11.6 Å². The monoisotopic (exact) mass is 250 g/mol. The lowest BCUT2D eigenvalue weighted by molar-refractivity contribution is 0.302. The molecule has 0 N–H and O–H groups in total. The molecule has 0 saturated heterocycles. The number of aromatic nitrogens is 2. The van der Waals surface area contributed by atoms with Crippen molar-refractivity contribution in [3.63, 3.8) is 0 Å². The predicted octanol–water partition coefficient (Wildman–Crippen LogP) is 3.31. The van der Waals surface area contributed by atoms with E-state index in [-0.39, 0.29) is 0 Å². The third kappa shape index (κ3) is 3.79. The standard InChI is InChI=1S/C13H15ClN2O/c1-11-9-16(10-15-11)6-3-7-17-13-5-2-4-12(14)8-13/h2,4-5,8-10H,3,6-7H2,1H3. The van der Waals surface area contributed by atoms with Gasteiger partial charge in [-0.05, 0) is 31.5 Å². The molecule has 0 atom stereocenters. The van der Waals surface area contributed by atoms with E-state index >= 15 is 0 Å². The lowest BCUT2D eigenvalue weighted by Crippen LogP contribution is -2.02. The molecule has 0 fully saturated rings. The number of aryl methyl sites for hydroxylation is 2. The molecule has 2 aromatic rings. The lowest BCUT2D eigenvalue weighted by atomic mass is 10.3. The van der Waals surface area contributed by atoms with E-state index in [1.54, 1.807) is 0 Å². The molecule has 0 aliphatic heterocycles. The van der Waals surface area contributed by atoms with Crippen molar-refractivity contribution in [2.75, 3.05) is 6.61 Å². The van der Waals surface area contributed by atoms with Crippen molar-refractivity contribution in [1.29, 1.82) is 0 Å². The van der Waals surface area contributed by atoms with Gasteiger partial charge in [-0.2, -0.15) is 0 Å². The Morgan fingerprint density at radius 2 is 2.29 bits per heavy atom. The molecule has 0 amide bonds. The number of imidazole rings is 1. The van der Waals surface area contributed by atoms with Gasteiger partial charge in [-0.15, -0.1) is 0 Å². The maximum atomic E-state index is 5.86. The number of hydrogen-bond donors (Lipinski definition) is 0. The summed E-state index contributed by atoms with van der Waals surface area (Å²) in [5.41, 5.74) is 1.04. The minimum Gasteiger partial charge on any atom is -0.493 e. The SMILES string of the molecule is Cc1cn(CCCOc2cccc(Cl)c2)cn1. The summed E-state index contributed by atoms with van der Waals surface area (Å²) in [6.45, 7) is 3.58. The Bertz CT molecular complexity index is 482. The van der Waals surface area contributed by atoms with E-state index in [1.807, 2.05) is 43.7 Å². The van der Waals surface area contributed by atoms with Crippen LogP contribution < -0.4 is 4.74 Å². The van der Waals surface area contributed by atoms with Crippen molar-refractivity contribution in [1.82, 2.24) is 9.55 Å². The summed E-state index contributed by atoms with van der Waals surface area (Å²) >= 11 is 5.86. The van der Waals surface area contributed by atoms with Gasteiger partial charge in [-0.3, -0.25) is 0 Å². The summed E-state index contributed by atoms with van der Waals surface area (Å²) in [5.74, 6) is 0.819. The molecule has 0 saturated carbocycles. The predicted molar refractivity (Wildman–Crippen MR) is 68.5 cm³/mol. The zero-order valence-corrected chi connectivity index (χ0v) is 10.5. The third-order valence-electron chi connectivity index (χ3n) is 2.39. The van der Waals surface area contributed by atoms with Gasteiger partial charge in [-0.1, -0.05) is 17.7 Å². The van der Waals surface area contributed by atoms with Gasteiger partial charge >= 0.3 is 0 Å². The van der Waals surface area contributed by atoms with Crippen molar-refractivity contribution in [3.05, 3.63) is 47.5 Å². The highest BCUT2D eigenvalue weighted by Gasteiger charge is 1.96. The van der Waals surface area contributed by atoms with E-state index in [0.717, 1.165) is 24.4 Å². The highest BCUT2D eigenvalue weighted by molar-refractivity contribution is 6.30. The Morgan fingerprint density at radius 3 is 3.00 bits per heavy atom. The molecule has 0 radical (unpaired) electrons. The highest BCUT2D eigenvalue weighted by atomic mass is 35.5. The number of nitrogens with zero attached hydrogens (tertiary/aromatic N) is 2. The van der Waals surface area contributed by atoms with Crippen LogP contribution in [0.25, 0.3) is 0 Å². The Balaban J connectivity index is 1.73. The van der Waals surface area contributed by atoms with Crippen LogP contribution in [0.5, 0.6) is 5.75 Å². The van der Waals surface area contributed by atoms with Crippen LogP contribution in [0.3, 0.4) is 0 Å². The first kappa shape index (κ1) is 12.0. The quantitative estimate of drug-likeness (QED) is 0.762. The first-order valence-electron chi connectivity index (χ1n) is 5.61. The minimum atomic E-state index is 0.678. The van der Waals surface area contributed by atoms with Gasteiger partial charge in [0.1, 0.15) is 5.75 Å². The van der Waals surface area contributed by atoms with Gasteiger partial charge in [0.2, 0.25) is 0 Å². The van der Waals surface area contributed by atoms with E-state index in [2.05, 4.69) is 9.55 Å². The maximum Gasteiger partial charge on any atom is 0.120 e. The number of rotatable bonds is 5. The Morgan fingerprint density at radius 1 is 1.41 bits per heavy atom. The average Bonchev–Trinajstić information content (AvgIpc) is 2.71. The number of ether oxygens (including phenoxy) is 1. The topological polar surface area (TPSA) is 27.1 Å². The second-order valence-electron chi connectivity index (χ2n) is 3.91. The van der Waals surface area contributed by atoms with Crippen LogP contribution in [0.2, 0.25) is 5.02 Å². The Kier molecular flexibility index (Phi) is 4.04. The summed E-state index contributed by atoms with van der Waals surface area (Å²) in [4.78, 5) is 4.17. The molecule has 1 aromatic carbocycles. The molecule has 0 unspecified atom stereocenters. The molecular formula is C13H15ClN2O. The summed E-state index contributed by atoms with van der Waals surface area (Å²) in [6, 6.07) is 7.45. The Hall–Kier alpha value is -1.48. The highest BCUT2D eigenvalue weighted by Crippen LogP contribution is 2.17. The van der Waals surface area contributed by atoms with Gasteiger partial charge in [0.15, 0.2) is 0 Å². The fourth-order valence-corrected chi connectivity index (χ4v) is 1.77. The maximum absolute atomic E-state index is 5.86. The first-order valence-corrected chi connectivity index (χ1v) is 5.98. The van der Waals surface area contributed by atoms with Crippen LogP contribution in [-0.2, 0) is 6.54 Å². The first-order chi connectivity index (χ1) is 8.24. The van der Waals surface area contributed by atoms with Crippen LogP contribution in [0, 0.1) is 6.92 Å². The van der Waals surface area contributed by atoms with Crippen molar-refractivity contribution in [2.45, 2.75) is 19.9 Å². The molecular weight excluding hydrogens is 236 g/mol. The van der Waals surface area contributed by atoms with Gasteiger partial charge in [0, 0.05) is 17.8 Å². The number of hydrogen-bond acceptors (Lipinski definition) is 2. The van der Waals surface area contributed by atoms with Crippen molar-refractivity contribution < 1.29 is 4.74 Å². The van der Waals surface area contributed by atoms with Crippen molar-refractivity contribution >= 4 is 11.6 Å². The van der Waals surface area contributed by atoms with Gasteiger partial charge in [0.05, 0.1) is 18.6 Å². The zero-order valence-electron chi connectivity index (χ0n) is 9.77. The van der Waals surface area contributed by atoms with Crippen LogP contribution in [0.4, 0.5) is 0 Å². The second-order valence-corrected chi connectivity index (χ2v) is 4.35. The normalized spacial score (nSPS) is 10.5. The van der Waals surface area contributed by atoms with Gasteiger partial charge < -0.3 is 9.30 Å². The molecule has 90 valence electrons. The summed E-state index contributed by atoms with van der Waals surface area (Å²) < 4.78 is 7.66. The van der Waals surface area contributed by atoms with E-state index < -0.39 is 0 Å². The summed E-state index contributed by atoms with van der Waals surface area (Å²) in [7, 11) is 0. The smallest absolute Gasteiger partial charge is 0.120 e. The molecule has 0 spiro atoms. The fraction of sp³-hybridized carbons (Fsp3) is 0.308. The largest absolute Gasteiger partial charge is 0.493 e. The zero-order chi connectivity index (χ0) is 12.1. The van der Waals surface area contributed by atoms with Crippen LogP contribution >= 0.6 is 11.6 Å². The third-order valence-corrected chi connectivity index (χ3v) is 2.62.